The highest BCUT2D eigenvalue weighted by Gasteiger charge is 2.23. The lowest BCUT2D eigenvalue weighted by Crippen LogP contribution is -2.42. The Labute approximate surface area is 241 Å². The Morgan fingerprint density at radius 2 is 1.90 bits per heavy atom. The van der Waals surface area contributed by atoms with Crippen LogP contribution in [0.3, 0.4) is 0 Å². The molecule has 0 spiro atoms. The van der Waals surface area contributed by atoms with Gasteiger partial charge in [0.1, 0.15) is 0 Å². The number of halogens is 1. The lowest BCUT2D eigenvalue weighted by molar-refractivity contribution is 0.378. The van der Waals surface area contributed by atoms with Gasteiger partial charge in [-0.3, -0.25) is 4.99 Å². The van der Waals surface area contributed by atoms with Gasteiger partial charge < -0.3 is 10.2 Å². The molecular weight excluding hydrogens is 516 g/mol. The molecule has 40 heavy (non-hydrogen) atoms. The standard InChI is InChI=1S/C33H35ClN6/c1-3-23-12-15-30(24-8-5-4-6-9-24)38-32(23)28-20-26(13-14-29(28)34)37-31-11-7-10-25-21-40(19-17-27(25)31)33-36-22(2)16-18-35-39-33/h4-11,13-14,18,20,22,37H,3,12,15-17,19,21H2,1-2H3,(H,36,39). The van der Waals surface area contributed by atoms with Crippen molar-refractivity contribution < 1.29 is 0 Å². The van der Waals surface area contributed by atoms with Crippen molar-refractivity contribution in [1.82, 2.24) is 10.3 Å². The van der Waals surface area contributed by atoms with Crippen LogP contribution in [0.15, 0.2) is 87.4 Å². The minimum Gasteiger partial charge on any atom is -0.355 e. The first-order valence-electron chi connectivity index (χ1n) is 14.2. The fourth-order valence-corrected chi connectivity index (χ4v) is 5.90. The van der Waals surface area contributed by atoms with Crippen LogP contribution in [0.2, 0.25) is 5.02 Å². The molecule has 0 aliphatic carbocycles. The SMILES string of the molecule is CCC1=C(c2cc(Nc3cccc4c3CCN(C3=NC(C)CC=NN3)C4)ccc2Cl)N=C(c2ccccc2)CC1. The number of guanidine groups is 1. The number of fused-ring (bicyclic) bond motifs is 1. The third-order valence-electron chi connectivity index (χ3n) is 7.89. The molecule has 6 nitrogen and oxygen atoms in total. The van der Waals surface area contributed by atoms with Crippen molar-refractivity contribution in [2.24, 2.45) is 15.1 Å². The Bertz CT molecular complexity index is 1520. The second kappa shape index (κ2) is 11.7. The zero-order valence-corrected chi connectivity index (χ0v) is 23.9. The van der Waals surface area contributed by atoms with Crippen LogP contribution in [0.1, 0.15) is 61.8 Å². The number of allylic oxidation sites excluding steroid dienone is 1. The Morgan fingerprint density at radius 1 is 1.02 bits per heavy atom. The van der Waals surface area contributed by atoms with Crippen molar-refractivity contribution >= 4 is 46.6 Å². The summed E-state index contributed by atoms with van der Waals surface area (Å²) in [5.41, 5.74) is 13.6. The average Bonchev–Trinajstić information content (AvgIpc) is 3.22. The Morgan fingerprint density at radius 3 is 2.75 bits per heavy atom. The second-order valence-electron chi connectivity index (χ2n) is 10.6. The van der Waals surface area contributed by atoms with Gasteiger partial charge in [-0.2, -0.15) is 5.10 Å². The average molecular weight is 551 g/mol. The van der Waals surface area contributed by atoms with Gasteiger partial charge in [0.25, 0.3) is 0 Å². The van der Waals surface area contributed by atoms with E-state index in [2.05, 4.69) is 89.2 Å². The first-order valence-corrected chi connectivity index (χ1v) is 14.6. The van der Waals surface area contributed by atoms with Gasteiger partial charge >= 0.3 is 0 Å². The highest BCUT2D eigenvalue weighted by atomic mass is 35.5. The van der Waals surface area contributed by atoms with Crippen LogP contribution in [0.25, 0.3) is 5.70 Å². The molecule has 1 atom stereocenters. The number of anilines is 2. The zero-order valence-electron chi connectivity index (χ0n) is 23.1. The highest BCUT2D eigenvalue weighted by Crippen LogP contribution is 2.37. The fourth-order valence-electron chi connectivity index (χ4n) is 5.69. The van der Waals surface area contributed by atoms with E-state index in [0.29, 0.717) is 0 Å². The van der Waals surface area contributed by atoms with Crippen molar-refractivity contribution in [2.45, 2.75) is 58.5 Å². The summed E-state index contributed by atoms with van der Waals surface area (Å²) in [5.74, 6) is 0.857. The first kappa shape index (κ1) is 26.3. The first-order chi connectivity index (χ1) is 19.6. The highest BCUT2D eigenvalue weighted by molar-refractivity contribution is 6.32. The van der Waals surface area contributed by atoms with E-state index in [0.717, 1.165) is 84.5 Å². The van der Waals surface area contributed by atoms with E-state index < -0.39 is 0 Å². The quantitative estimate of drug-likeness (QED) is 0.344. The molecule has 1 unspecified atom stereocenters. The van der Waals surface area contributed by atoms with Crippen molar-refractivity contribution in [2.75, 3.05) is 11.9 Å². The molecule has 3 aliphatic heterocycles. The van der Waals surface area contributed by atoms with Crippen LogP contribution in [-0.4, -0.2) is 35.4 Å². The zero-order chi connectivity index (χ0) is 27.5. The fraction of sp³-hybridized carbons (Fsp3) is 0.303. The molecular formula is C33H35ClN6. The predicted octanol–water partition coefficient (Wildman–Crippen LogP) is 7.57. The monoisotopic (exact) mass is 550 g/mol. The molecule has 0 aromatic heterocycles. The van der Waals surface area contributed by atoms with Gasteiger partial charge in [0.2, 0.25) is 5.96 Å². The minimum absolute atomic E-state index is 0.225. The van der Waals surface area contributed by atoms with Gasteiger partial charge in [-0.15, -0.1) is 0 Å². The van der Waals surface area contributed by atoms with Crippen molar-refractivity contribution in [3.8, 4) is 0 Å². The third-order valence-corrected chi connectivity index (χ3v) is 8.22. The molecule has 2 N–H and O–H groups in total. The summed E-state index contributed by atoms with van der Waals surface area (Å²) < 4.78 is 0. The largest absolute Gasteiger partial charge is 0.355 e. The molecule has 204 valence electrons. The number of hydrazone groups is 1. The number of hydrogen-bond donors (Lipinski definition) is 2. The molecule has 3 heterocycles. The molecule has 0 saturated heterocycles. The lowest BCUT2D eigenvalue weighted by atomic mass is 9.93. The lowest BCUT2D eigenvalue weighted by Gasteiger charge is -2.32. The summed E-state index contributed by atoms with van der Waals surface area (Å²) in [5, 5.41) is 8.74. The van der Waals surface area contributed by atoms with Crippen molar-refractivity contribution in [3.05, 3.63) is 99.6 Å². The van der Waals surface area contributed by atoms with Crippen LogP contribution in [0.5, 0.6) is 0 Å². The smallest absolute Gasteiger partial charge is 0.215 e. The molecule has 0 amide bonds. The molecule has 0 bridgehead atoms. The van der Waals surface area contributed by atoms with E-state index >= 15 is 0 Å². The Hall–Kier alpha value is -3.90. The van der Waals surface area contributed by atoms with Gasteiger partial charge in [0.15, 0.2) is 0 Å². The van der Waals surface area contributed by atoms with Crippen LogP contribution in [0, 0.1) is 0 Å². The number of nitrogens with one attached hydrogen (secondary N) is 2. The molecule has 0 fully saturated rings. The molecule has 0 radical (unpaired) electrons. The summed E-state index contributed by atoms with van der Waals surface area (Å²) in [6.07, 6.45) is 6.60. The molecule has 3 aliphatic rings. The predicted molar refractivity (Wildman–Crippen MR) is 168 cm³/mol. The second-order valence-corrected chi connectivity index (χ2v) is 11.0. The molecule has 6 rings (SSSR count). The maximum Gasteiger partial charge on any atom is 0.215 e. The summed E-state index contributed by atoms with van der Waals surface area (Å²) >= 11 is 6.81. The number of benzene rings is 3. The van der Waals surface area contributed by atoms with Crippen molar-refractivity contribution in [1.29, 1.82) is 0 Å². The van der Waals surface area contributed by atoms with Gasteiger partial charge in [0, 0.05) is 48.4 Å². The Kier molecular flexibility index (Phi) is 7.69. The van der Waals surface area contributed by atoms with E-state index in [1.807, 2.05) is 18.3 Å². The van der Waals surface area contributed by atoms with Crippen LogP contribution in [0.4, 0.5) is 11.4 Å². The maximum atomic E-state index is 6.81. The summed E-state index contributed by atoms with van der Waals surface area (Å²) in [7, 11) is 0. The van der Waals surface area contributed by atoms with Crippen LogP contribution >= 0.6 is 11.6 Å². The minimum atomic E-state index is 0.225. The molecule has 0 saturated carbocycles. The van der Waals surface area contributed by atoms with Crippen LogP contribution in [-0.2, 0) is 13.0 Å². The third kappa shape index (κ3) is 5.54. The van der Waals surface area contributed by atoms with Gasteiger partial charge in [0.05, 0.1) is 16.8 Å². The summed E-state index contributed by atoms with van der Waals surface area (Å²) in [6, 6.07) is 23.4. The topological polar surface area (TPSA) is 64.4 Å². The number of rotatable bonds is 5. The van der Waals surface area contributed by atoms with Crippen LogP contribution < -0.4 is 10.7 Å². The number of nitrogens with zero attached hydrogens (tertiary/aromatic N) is 4. The van der Waals surface area contributed by atoms with E-state index in [-0.39, 0.29) is 6.04 Å². The number of hydrogen-bond acceptors (Lipinski definition) is 6. The maximum absolute atomic E-state index is 6.81. The Balaban J connectivity index is 1.28. The van der Waals surface area contributed by atoms with Gasteiger partial charge in [-0.1, -0.05) is 61.0 Å². The molecule has 3 aromatic carbocycles. The van der Waals surface area contributed by atoms with E-state index in [1.165, 1.54) is 22.3 Å². The van der Waals surface area contributed by atoms with E-state index in [9.17, 15) is 0 Å². The number of aliphatic imine (C=N–C) groups is 2. The molecule has 3 aromatic rings. The van der Waals surface area contributed by atoms with Crippen molar-refractivity contribution in [3.63, 3.8) is 0 Å². The van der Waals surface area contributed by atoms with Gasteiger partial charge in [-0.05, 0) is 79.1 Å². The van der Waals surface area contributed by atoms with E-state index in [4.69, 9.17) is 21.6 Å². The molecule has 7 heteroatoms. The summed E-state index contributed by atoms with van der Waals surface area (Å²) in [4.78, 5) is 12.3. The summed E-state index contributed by atoms with van der Waals surface area (Å²) in [6.45, 7) is 6.01. The normalized spacial score (nSPS) is 18.9. The van der Waals surface area contributed by atoms with Gasteiger partial charge in [-0.25, -0.2) is 10.4 Å². The van der Waals surface area contributed by atoms with E-state index in [1.54, 1.807) is 0 Å².